The molecule has 1 rings (SSSR count). The van der Waals surface area contributed by atoms with Gasteiger partial charge in [0.1, 0.15) is 11.8 Å². The molecular formula is C14H17NO4. The Balaban J connectivity index is 2.58. The van der Waals surface area contributed by atoms with Crippen LogP contribution < -0.4 is 5.32 Å². The first-order valence-electron chi connectivity index (χ1n) is 6.03. The van der Waals surface area contributed by atoms with Crippen LogP contribution in [0.4, 0.5) is 0 Å². The lowest BCUT2D eigenvalue weighted by Crippen LogP contribution is -2.39. The number of nitrogens with one attached hydrogen (secondary N) is 1. The maximum Gasteiger partial charge on any atom is 0.326 e. The van der Waals surface area contributed by atoms with Crippen LogP contribution in [-0.4, -0.2) is 28.1 Å². The van der Waals surface area contributed by atoms with Gasteiger partial charge in [0.15, 0.2) is 0 Å². The summed E-state index contributed by atoms with van der Waals surface area (Å²) in [6, 6.07) is 5.46. The molecule has 5 nitrogen and oxygen atoms in total. The molecular weight excluding hydrogens is 246 g/mol. The summed E-state index contributed by atoms with van der Waals surface area (Å²) in [5.41, 5.74) is 0.746. The van der Waals surface area contributed by atoms with Gasteiger partial charge in [0, 0.05) is 6.08 Å². The summed E-state index contributed by atoms with van der Waals surface area (Å²) in [7, 11) is 0. The third kappa shape index (κ3) is 5.25. The quantitative estimate of drug-likeness (QED) is 0.683. The van der Waals surface area contributed by atoms with Gasteiger partial charge in [-0.2, -0.15) is 0 Å². The molecule has 3 N–H and O–H groups in total. The van der Waals surface area contributed by atoms with Crippen LogP contribution in [0.25, 0.3) is 6.08 Å². The highest BCUT2D eigenvalue weighted by Crippen LogP contribution is 2.10. The molecule has 0 heterocycles. The number of rotatable bonds is 6. The van der Waals surface area contributed by atoms with Crippen molar-refractivity contribution >= 4 is 18.0 Å². The van der Waals surface area contributed by atoms with Crippen molar-refractivity contribution in [3.8, 4) is 5.75 Å². The van der Waals surface area contributed by atoms with Gasteiger partial charge >= 0.3 is 5.97 Å². The Morgan fingerprint density at radius 3 is 2.47 bits per heavy atom. The van der Waals surface area contributed by atoms with Gasteiger partial charge in [-0.3, -0.25) is 4.79 Å². The Labute approximate surface area is 111 Å². The number of hydrogen-bond acceptors (Lipinski definition) is 3. The molecule has 0 bridgehead atoms. The first-order chi connectivity index (χ1) is 9.02. The van der Waals surface area contributed by atoms with Gasteiger partial charge in [-0.05, 0) is 30.2 Å². The first-order valence-corrected chi connectivity index (χ1v) is 6.03. The van der Waals surface area contributed by atoms with Gasteiger partial charge in [-0.25, -0.2) is 4.79 Å². The molecule has 0 radical (unpaired) electrons. The van der Waals surface area contributed by atoms with Crippen molar-refractivity contribution in [2.45, 2.75) is 25.8 Å². The predicted molar refractivity (Wildman–Crippen MR) is 71.6 cm³/mol. The molecule has 1 amide bonds. The minimum atomic E-state index is -1.03. The van der Waals surface area contributed by atoms with Gasteiger partial charge in [0.25, 0.3) is 0 Å². The first kappa shape index (κ1) is 14.8. The smallest absolute Gasteiger partial charge is 0.326 e. The van der Waals surface area contributed by atoms with Gasteiger partial charge in [-0.15, -0.1) is 0 Å². The van der Waals surface area contributed by atoms with Crippen LogP contribution in [0.1, 0.15) is 25.3 Å². The van der Waals surface area contributed by atoms with Crippen molar-refractivity contribution < 1.29 is 19.8 Å². The monoisotopic (exact) mass is 263 g/mol. The Morgan fingerprint density at radius 1 is 1.32 bits per heavy atom. The van der Waals surface area contributed by atoms with Crippen LogP contribution in [0, 0.1) is 0 Å². The summed E-state index contributed by atoms with van der Waals surface area (Å²) in [5, 5.41) is 20.4. The van der Waals surface area contributed by atoms with E-state index in [-0.39, 0.29) is 5.75 Å². The van der Waals surface area contributed by atoms with E-state index < -0.39 is 17.9 Å². The van der Waals surface area contributed by atoms with Crippen molar-refractivity contribution in [1.82, 2.24) is 5.32 Å². The Morgan fingerprint density at radius 2 is 1.95 bits per heavy atom. The topological polar surface area (TPSA) is 86.6 Å². The van der Waals surface area contributed by atoms with Crippen LogP contribution in [0.15, 0.2) is 30.3 Å². The number of amides is 1. The lowest BCUT2D eigenvalue weighted by Gasteiger charge is -2.11. The Bertz CT molecular complexity index is 465. The minimum absolute atomic E-state index is 0.149. The molecule has 0 aliphatic rings. The van der Waals surface area contributed by atoms with Crippen LogP contribution >= 0.6 is 0 Å². The molecule has 1 aromatic carbocycles. The van der Waals surface area contributed by atoms with E-state index in [9.17, 15) is 9.59 Å². The lowest BCUT2D eigenvalue weighted by atomic mass is 10.1. The number of carbonyl (C=O) groups is 2. The summed E-state index contributed by atoms with van der Waals surface area (Å²) < 4.78 is 0. The number of benzene rings is 1. The molecule has 5 heteroatoms. The SMILES string of the molecule is CCC[C@@H](NC(=O)/C=C/c1ccc(O)cc1)C(=O)O. The van der Waals surface area contributed by atoms with Crippen LogP contribution in [-0.2, 0) is 9.59 Å². The molecule has 0 saturated carbocycles. The molecule has 0 aromatic heterocycles. The molecule has 19 heavy (non-hydrogen) atoms. The average molecular weight is 263 g/mol. The third-order valence-corrected chi connectivity index (χ3v) is 2.51. The predicted octanol–water partition coefficient (Wildman–Crippen LogP) is 1.77. The minimum Gasteiger partial charge on any atom is -0.508 e. The average Bonchev–Trinajstić information content (AvgIpc) is 2.37. The Kier molecular flexibility index (Phi) is 5.60. The van der Waals surface area contributed by atoms with E-state index in [4.69, 9.17) is 10.2 Å². The highest BCUT2D eigenvalue weighted by molar-refractivity contribution is 5.94. The van der Waals surface area contributed by atoms with Gasteiger partial charge in [-0.1, -0.05) is 25.5 Å². The number of aliphatic carboxylic acids is 1. The lowest BCUT2D eigenvalue weighted by molar-refractivity contribution is -0.141. The van der Waals surface area contributed by atoms with Crippen molar-refractivity contribution in [1.29, 1.82) is 0 Å². The van der Waals surface area contributed by atoms with Crippen LogP contribution in [0.2, 0.25) is 0 Å². The second-order valence-corrected chi connectivity index (χ2v) is 4.11. The van der Waals surface area contributed by atoms with Crippen LogP contribution in [0.3, 0.4) is 0 Å². The standard InChI is InChI=1S/C14H17NO4/c1-2-3-12(14(18)19)15-13(17)9-6-10-4-7-11(16)8-5-10/h4-9,12,16H,2-3H2,1H3,(H,15,17)(H,18,19)/b9-6+/t12-/m1/s1. The van der Waals surface area contributed by atoms with E-state index >= 15 is 0 Å². The van der Waals surface area contributed by atoms with Crippen molar-refractivity contribution in [2.75, 3.05) is 0 Å². The number of carbonyl (C=O) groups excluding carboxylic acids is 1. The Hall–Kier alpha value is -2.30. The molecule has 0 aliphatic carbocycles. The van der Waals surface area contributed by atoms with E-state index in [0.29, 0.717) is 12.8 Å². The molecule has 102 valence electrons. The summed E-state index contributed by atoms with van der Waals surface area (Å²) in [5.74, 6) is -1.34. The van der Waals surface area contributed by atoms with E-state index in [1.54, 1.807) is 18.2 Å². The van der Waals surface area contributed by atoms with E-state index in [2.05, 4.69) is 5.32 Å². The molecule has 1 atom stereocenters. The second-order valence-electron chi connectivity index (χ2n) is 4.11. The second kappa shape index (κ2) is 7.20. The van der Waals surface area contributed by atoms with Crippen molar-refractivity contribution in [3.05, 3.63) is 35.9 Å². The molecule has 0 unspecified atom stereocenters. The molecule has 0 spiro atoms. The largest absolute Gasteiger partial charge is 0.508 e. The van der Waals surface area contributed by atoms with Gasteiger partial charge in [0.05, 0.1) is 0 Å². The number of phenolic OH excluding ortho intramolecular Hbond substituents is 1. The van der Waals surface area contributed by atoms with E-state index in [1.807, 2.05) is 6.92 Å². The number of hydrogen-bond donors (Lipinski definition) is 3. The number of carboxylic acid groups (broad SMARTS) is 1. The molecule has 0 aliphatic heterocycles. The zero-order chi connectivity index (χ0) is 14.3. The van der Waals surface area contributed by atoms with Crippen LogP contribution in [0.5, 0.6) is 5.75 Å². The normalized spacial score (nSPS) is 12.3. The van der Waals surface area contributed by atoms with Gasteiger partial charge in [0.2, 0.25) is 5.91 Å². The maximum absolute atomic E-state index is 11.6. The van der Waals surface area contributed by atoms with Gasteiger partial charge < -0.3 is 15.5 Å². The molecule has 0 fully saturated rings. The fraction of sp³-hybridized carbons (Fsp3) is 0.286. The molecule has 0 saturated heterocycles. The number of carboxylic acids is 1. The fourth-order valence-corrected chi connectivity index (χ4v) is 1.52. The number of phenols is 1. The summed E-state index contributed by atoms with van der Waals surface area (Å²) in [6.07, 6.45) is 3.91. The van der Waals surface area contributed by atoms with E-state index in [1.165, 1.54) is 18.2 Å². The van der Waals surface area contributed by atoms with Crippen molar-refractivity contribution in [3.63, 3.8) is 0 Å². The highest BCUT2D eigenvalue weighted by atomic mass is 16.4. The summed E-state index contributed by atoms with van der Waals surface area (Å²) >= 11 is 0. The highest BCUT2D eigenvalue weighted by Gasteiger charge is 2.17. The van der Waals surface area contributed by atoms with Crippen molar-refractivity contribution in [2.24, 2.45) is 0 Å². The maximum atomic E-state index is 11.6. The van der Waals surface area contributed by atoms with E-state index in [0.717, 1.165) is 5.56 Å². The zero-order valence-corrected chi connectivity index (χ0v) is 10.7. The summed E-state index contributed by atoms with van der Waals surface area (Å²) in [6.45, 7) is 1.86. The molecule has 1 aromatic rings. The third-order valence-electron chi connectivity index (χ3n) is 2.51. The fourth-order valence-electron chi connectivity index (χ4n) is 1.52. The zero-order valence-electron chi connectivity index (χ0n) is 10.7. The number of aromatic hydroxyl groups is 1. The summed E-state index contributed by atoms with van der Waals surface area (Å²) in [4.78, 5) is 22.4.